The van der Waals surface area contributed by atoms with Gasteiger partial charge < -0.3 is 20.4 Å². The van der Waals surface area contributed by atoms with Crippen LogP contribution < -0.4 is 20.9 Å². The number of urea groups is 2. The maximum absolute atomic E-state index is 12.2. The highest BCUT2D eigenvalue weighted by Gasteiger charge is 2.19. The highest BCUT2D eigenvalue weighted by atomic mass is 16.3. The number of carbonyl (C=O) groups is 2. The molecule has 1 aliphatic heterocycles. The molecule has 2 heterocycles. The Labute approximate surface area is 146 Å². The molecule has 1 atom stereocenters. The molecule has 4 amide bonds. The van der Waals surface area contributed by atoms with Crippen LogP contribution in [-0.4, -0.2) is 25.2 Å². The van der Waals surface area contributed by atoms with Crippen LogP contribution in [0.1, 0.15) is 30.9 Å². The Bertz CT molecular complexity index is 771. The van der Waals surface area contributed by atoms with E-state index >= 15 is 0 Å². The Balaban J connectivity index is 1.63. The second kappa shape index (κ2) is 7.29. The molecule has 2 aromatic rings. The molecule has 25 heavy (non-hydrogen) atoms. The second-order valence-corrected chi connectivity index (χ2v) is 6.06. The molecule has 7 nitrogen and oxygen atoms in total. The topological polar surface area (TPSA) is 86.6 Å². The molecule has 7 heteroatoms. The first-order valence-electron chi connectivity index (χ1n) is 8.32. The normalized spacial score (nSPS) is 15.4. The Morgan fingerprint density at radius 2 is 2.16 bits per heavy atom. The molecule has 1 fully saturated rings. The lowest BCUT2D eigenvalue weighted by molar-refractivity contribution is 0.243. The molecule has 3 N–H and O–H groups in total. The number of amides is 4. The van der Waals surface area contributed by atoms with Gasteiger partial charge in [0.1, 0.15) is 11.5 Å². The Kier molecular flexibility index (Phi) is 4.92. The maximum Gasteiger partial charge on any atom is 0.321 e. The molecular weight excluding hydrogens is 320 g/mol. The van der Waals surface area contributed by atoms with Crippen molar-refractivity contribution in [3.05, 3.63) is 47.9 Å². The third-order valence-corrected chi connectivity index (χ3v) is 4.03. The average Bonchev–Trinajstić information content (AvgIpc) is 3.02. The zero-order chi connectivity index (χ0) is 17.8. The third-order valence-electron chi connectivity index (χ3n) is 4.03. The van der Waals surface area contributed by atoms with E-state index in [-0.39, 0.29) is 18.1 Å². The fourth-order valence-corrected chi connectivity index (χ4v) is 2.75. The van der Waals surface area contributed by atoms with Gasteiger partial charge in [-0.15, -0.1) is 0 Å². The first-order valence-corrected chi connectivity index (χ1v) is 8.32. The molecule has 0 radical (unpaired) electrons. The van der Waals surface area contributed by atoms with Crippen LogP contribution in [0.25, 0.3) is 0 Å². The van der Waals surface area contributed by atoms with Gasteiger partial charge in [-0.1, -0.05) is 6.07 Å². The zero-order valence-corrected chi connectivity index (χ0v) is 14.3. The van der Waals surface area contributed by atoms with Gasteiger partial charge in [0.05, 0.1) is 6.04 Å². The van der Waals surface area contributed by atoms with Crippen molar-refractivity contribution in [1.29, 1.82) is 0 Å². The predicted molar refractivity (Wildman–Crippen MR) is 95.8 cm³/mol. The molecule has 1 unspecified atom stereocenters. The minimum Gasteiger partial charge on any atom is -0.464 e. The Hall–Kier alpha value is -2.96. The van der Waals surface area contributed by atoms with E-state index < -0.39 is 0 Å². The summed E-state index contributed by atoms with van der Waals surface area (Å²) >= 11 is 0. The molecule has 1 saturated heterocycles. The smallest absolute Gasteiger partial charge is 0.321 e. The standard InChI is InChI=1S/C18H22N4O3/c1-12-7-8-16(25-12)13(2)20-17(23)21-14-5-3-6-15(11-14)22-10-4-9-19-18(22)24/h3,5-8,11,13H,4,9-10H2,1-2H3,(H,19,24)(H2,20,21,23). The van der Waals surface area contributed by atoms with Gasteiger partial charge in [-0.3, -0.25) is 4.90 Å². The highest BCUT2D eigenvalue weighted by Crippen LogP contribution is 2.21. The first-order chi connectivity index (χ1) is 12.0. The summed E-state index contributed by atoms with van der Waals surface area (Å²) in [7, 11) is 0. The first kappa shape index (κ1) is 16.9. The molecule has 1 aliphatic rings. The summed E-state index contributed by atoms with van der Waals surface area (Å²) in [6.45, 7) is 5.07. The van der Waals surface area contributed by atoms with Crippen LogP contribution in [0.4, 0.5) is 21.0 Å². The summed E-state index contributed by atoms with van der Waals surface area (Å²) < 4.78 is 5.51. The van der Waals surface area contributed by atoms with Crippen molar-refractivity contribution in [2.24, 2.45) is 0 Å². The molecule has 0 saturated carbocycles. The predicted octanol–water partition coefficient (Wildman–Crippen LogP) is 3.39. The molecule has 0 bridgehead atoms. The number of benzene rings is 1. The summed E-state index contributed by atoms with van der Waals surface area (Å²) in [6.07, 6.45) is 0.893. The fourth-order valence-electron chi connectivity index (χ4n) is 2.75. The van der Waals surface area contributed by atoms with Crippen molar-refractivity contribution in [3.63, 3.8) is 0 Å². The zero-order valence-electron chi connectivity index (χ0n) is 14.3. The van der Waals surface area contributed by atoms with Crippen molar-refractivity contribution in [3.8, 4) is 0 Å². The number of hydrogen-bond donors (Lipinski definition) is 3. The Morgan fingerprint density at radius 1 is 1.32 bits per heavy atom. The van der Waals surface area contributed by atoms with Gasteiger partial charge in [0, 0.05) is 24.5 Å². The number of aryl methyl sites for hydroxylation is 1. The van der Waals surface area contributed by atoms with Gasteiger partial charge in [0.2, 0.25) is 0 Å². The monoisotopic (exact) mass is 342 g/mol. The maximum atomic E-state index is 12.2. The Morgan fingerprint density at radius 3 is 2.88 bits per heavy atom. The lowest BCUT2D eigenvalue weighted by atomic mass is 10.2. The quantitative estimate of drug-likeness (QED) is 0.796. The minimum absolute atomic E-state index is 0.116. The van der Waals surface area contributed by atoms with Gasteiger partial charge in [0.15, 0.2) is 0 Å². The van der Waals surface area contributed by atoms with Crippen LogP contribution in [0.3, 0.4) is 0 Å². The molecule has 0 spiro atoms. The number of hydrogen-bond acceptors (Lipinski definition) is 3. The fraction of sp³-hybridized carbons (Fsp3) is 0.333. The van der Waals surface area contributed by atoms with Gasteiger partial charge in [-0.25, -0.2) is 9.59 Å². The number of nitrogens with zero attached hydrogens (tertiary/aromatic N) is 1. The van der Waals surface area contributed by atoms with E-state index in [1.54, 1.807) is 17.0 Å². The van der Waals surface area contributed by atoms with Crippen LogP contribution in [0.15, 0.2) is 40.8 Å². The number of anilines is 2. The van der Waals surface area contributed by atoms with Crippen LogP contribution in [-0.2, 0) is 0 Å². The largest absolute Gasteiger partial charge is 0.464 e. The number of rotatable bonds is 4. The van der Waals surface area contributed by atoms with Gasteiger partial charge in [0.25, 0.3) is 0 Å². The van der Waals surface area contributed by atoms with E-state index in [4.69, 9.17) is 4.42 Å². The van der Waals surface area contributed by atoms with Crippen molar-refractivity contribution in [1.82, 2.24) is 10.6 Å². The van der Waals surface area contributed by atoms with E-state index in [1.807, 2.05) is 38.1 Å². The number of nitrogens with one attached hydrogen (secondary N) is 3. The van der Waals surface area contributed by atoms with Crippen molar-refractivity contribution < 1.29 is 14.0 Å². The SMILES string of the molecule is Cc1ccc(C(C)NC(=O)Nc2cccc(N3CCCNC3=O)c2)o1. The summed E-state index contributed by atoms with van der Waals surface area (Å²) in [6, 6.07) is 10.2. The molecule has 132 valence electrons. The van der Waals surface area contributed by atoms with Crippen LogP contribution in [0.2, 0.25) is 0 Å². The minimum atomic E-state index is -0.332. The van der Waals surface area contributed by atoms with E-state index in [0.29, 0.717) is 24.5 Å². The summed E-state index contributed by atoms with van der Waals surface area (Å²) in [5, 5.41) is 8.44. The van der Waals surface area contributed by atoms with E-state index in [0.717, 1.165) is 17.9 Å². The van der Waals surface area contributed by atoms with E-state index in [2.05, 4.69) is 16.0 Å². The van der Waals surface area contributed by atoms with Crippen LogP contribution in [0.5, 0.6) is 0 Å². The number of furan rings is 1. The van der Waals surface area contributed by atoms with Gasteiger partial charge >= 0.3 is 12.1 Å². The number of carbonyl (C=O) groups excluding carboxylic acids is 2. The summed E-state index contributed by atoms with van der Waals surface area (Å²) in [4.78, 5) is 25.8. The molecule has 1 aromatic heterocycles. The lowest BCUT2D eigenvalue weighted by Crippen LogP contribution is -2.46. The van der Waals surface area contributed by atoms with Gasteiger partial charge in [-0.05, 0) is 50.6 Å². The van der Waals surface area contributed by atoms with Crippen molar-refractivity contribution >= 4 is 23.4 Å². The van der Waals surface area contributed by atoms with Crippen molar-refractivity contribution in [2.75, 3.05) is 23.3 Å². The van der Waals surface area contributed by atoms with Crippen LogP contribution in [0, 0.1) is 6.92 Å². The highest BCUT2D eigenvalue weighted by molar-refractivity contribution is 5.94. The molecule has 1 aromatic carbocycles. The van der Waals surface area contributed by atoms with Gasteiger partial charge in [-0.2, -0.15) is 0 Å². The van der Waals surface area contributed by atoms with E-state index in [1.165, 1.54) is 0 Å². The lowest BCUT2D eigenvalue weighted by Gasteiger charge is -2.27. The average molecular weight is 342 g/mol. The molecule has 3 rings (SSSR count). The summed E-state index contributed by atoms with van der Waals surface area (Å²) in [5.41, 5.74) is 1.38. The molecule has 0 aliphatic carbocycles. The molecular formula is C18H22N4O3. The van der Waals surface area contributed by atoms with E-state index in [9.17, 15) is 9.59 Å². The van der Waals surface area contributed by atoms with Crippen molar-refractivity contribution in [2.45, 2.75) is 26.3 Å². The second-order valence-electron chi connectivity index (χ2n) is 6.06. The third kappa shape index (κ3) is 4.12. The van der Waals surface area contributed by atoms with Crippen LogP contribution >= 0.6 is 0 Å². The summed E-state index contributed by atoms with van der Waals surface area (Å²) in [5.74, 6) is 1.50.